The molecule has 3 N–H and O–H groups in total. The van der Waals surface area contributed by atoms with Crippen LogP contribution in [0.2, 0.25) is 0 Å². The molecule has 2 nitrogen and oxygen atoms in total. The largest absolute Gasteiger partial charge is 0.399 e. The second kappa shape index (κ2) is 3.34. The van der Waals surface area contributed by atoms with Crippen molar-refractivity contribution in [1.29, 1.82) is 0 Å². The molecule has 0 fully saturated rings. The second-order valence-corrected chi connectivity index (χ2v) is 4.90. The van der Waals surface area contributed by atoms with Crippen LogP contribution in [0.25, 0.3) is 11.1 Å². The summed E-state index contributed by atoms with van der Waals surface area (Å²) in [5.74, 6) is 0. The highest BCUT2D eigenvalue weighted by Crippen LogP contribution is 2.44. The first-order valence-corrected chi connectivity index (χ1v) is 5.83. The molecule has 0 heterocycles. The average Bonchev–Trinajstić information content (AvgIpc) is 2.53. The summed E-state index contributed by atoms with van der Waals surface area (Å²) in [5.41, 5.74) is 10.4. The molecule has 2 aromatic carbocycles. The van der Waals surface area contributed by atoms with Crippen LogP contribution in [0.15, 0.2) is 40.9 Å². The van der Waals surface area contributed by atoms with Crippen molar-refractivity contribution >= 4 is 21.6 Å². The molecule has 1 atom stereocenters. The molecule has 3 rings (SSSR count). The van der Waals surface area contributed by atoms with Crippen molar-refractivity contribution in [2.24, 2.45) is 0 Å². The smallest absolute Gasteiger partial charge is 0.105 e. The van der Waals surface area contributed by atoms with E-state index in [0.717, 1.165) is 26.7 Å². The van der Waals surface area contributed by atoms with Crippen LogP contribution in [0.1, 0.15) is 17.2 Å². The average molecular weight is 276 g/mol. The molecule has 0 aromatic heterocycles. The number of rotatable bonds is 0. The van der Waals surface area contributed by atoms with E-state index in [1.807, 2.05) is 36.4 Å². The van der Waals surface area contributed by atoms with Gasteiger partial charge in [-0.2, -0.15) is 0 Å². The quantitative estimate of drug-likeness (QED) is 0.726. The molecule has 0 aliphatic heterocycles. The number of anilines is 1. The lowest BCUT2D eigenvalue weighted by molar-refractivity contribution is 0.225. The topological polar surface area (TPSA) is 46.2 Å². The summed E-state index contributed by atoms with van der Waals surface area (Å²) >= 11 is 3.42. The molecule has 0 saturated carbocycles. The van der Waals surface area contributed by atoms with Gasteiger partial charge in [-0.25, -0.2) is 0 Å². The zero-order valence-electron chi connectivity index (χ0n) is 8.44. The van der Waals surface area contributed by atoms with Gasteiger partial charge < -0.3 is 10.8 Å². The maximum atomic E-state index is 10.2. The summed E-state index contributed by atoms with van der Waals surface area (Å²) < 4.78 is 0.978. The third-order valence-electron chi connectivity index (χ3n) is 2.97. The van der Waals surface area contributed by atoms with E-state index in [9.17, 15) is 5.11 Å². The van der Waals surface area contributed by atoms with E-state index in [-0.39, 0.29) is 0 Å². The van der Waals surface area contributed by atoms with E-state index in [4.69, 9.17) is 5.73 Å². The van der Waals surface area contributed by atoms with Crippen LogP contribution in [0, 0.1) is 0 Å². The fourth-order valence-electron chi connectivity index (χ4n) is 2.23. The summed E-state index contributed by atoms with van der Waals surface area (Å²) in [6.45, 7) is 0. The van der Waals surface area contributed by atoms with Gasteiger partial charge in [0.05, 0.1) is 0 Å². The number of nitrogen functional groups attached to an aromatic ring is 1. The van der Waals surface area contributed by atoms with Crippen molar-refractivity contribution in [1.82, 2.24) is 0 Å². The summed E-state index contributed by atoms with van der Waals surface area (Å²) in [6, 6.07) is 11.6. The summed E-state index contributed by atoms with van der Waals surface area (Å²) in [6.07, 6.45) is -0.564. The van der Waals surface area contributed by atoms with Crippen LogP contribution in [0.4, 0.5) is 5.69 Å². The molecule has 3 heteroatoms. The third kappa shape index (κ3) is 1.29. The minimum atomic E-state index is -0.564. The van der Waals surface area contributed by atoms with Crippen LogP contribution >= 0.6 is 15.9 Å². The van der Waals surface area contributed by atoms with Crippen molar-refractivity contribution in [3.8, 4) is 11.1 Å². The van der Waals surface area contributed by atoms with Gasteiger partial charge in [0, 0.05) is 10.2 Å². The van der Waals surface area contributed by atoms with Gasteiger partial charge in [0.1, 0.15) is 6.10 Å². The van der Waals surface area contributed by atoms with E-state index in [0.29, 0.717) is 5.69 Å². The van der Waals surface area contributed by atoms with Crippen molar-refractivity contribution < 1.29 is 5.11 Å². The monoisotopic (exact) mass is 275 g/mol. The van der Waals surface area contributed by atoms with Gasteiger partial charge in [-0.15, -0.1) is 0 Å². The first kappa shape index (κ1) is 9.87. The van der Waals surface area contributed by atoms with Crippen molar-refractivity contribution in [3.05, 3.63) is 52.0 Å². The molecule has 1 aliphatic carbocycles. The van der Waals surface area contributed by atoms with Crippen LogP contribution in [-0.2, 0) is 0 Å². The Balaban J connectivity index is 2.30. The second-order valence-electron chi connectivity index (χ2n) is 3.98. The highest BCUT2D eigenvalue weighted by Gasteiger charge is 2.26. The lowest BCUT2D eigenvalue weighted by Gasteiger charge is -2.05. The molecule has 1 aliphatic rings. The van der Waals surface area contributed by atoms with Gasteiger partial charge >= 0.3 is 0 Å². The fraction of sp³-hybridized carbons (Fsp3) is 0.0769. The van der Waals surface area contributed by atoms with Crippen molar-refractivity contribution in [2.45, 2.75) is 6.10 Å². The number of hydrogen-bond donors (Lipinski definition) is 2. The standard InChI is InChI=1S/C13H10BrNO/c14-7-1-3-9-10-4-2-8(15)6-12(10)13(16)11(9)5-7/h1-6,13,16H,15H2. The summed E-state index contributed by atoms with van der Waals surface area (Å²) in [7, 11) is 0. The molecule has 1 unspecified atom stereocenters. The lowest BCUT2D eigenvalue weighted by atomic mass is 10.1. The van der Waals surface area contributed by atoms with Crippen LogP contribution in [0.5, 0.6) is 0 Å². The van der Waals surface area contributed by atoms with E-state index in [2.05, 4.69) is 15.9 Å². The Hall–Kier alpha value is -1.32. The van der Waals surface area contributed by atoms with Crippen molar-refractivity contribution in [2.75, 3.05) is 5.73 Å². The minimum absolute atomic E-state index is 0.564. The summed E-state index contributed by atoms with van der Waals surface area (Å²) in [5, 5.41) is 10.2. The number of nitrogens with two attached hydrogens (primary N) is 1. The Labute approximate surface area is 102 Å². The molecule has 16 heavy (non-hydrogen) atoms. The predicted molar refractivity (Wildman–Crippen MR) is 68.1 cm³/mol. The normalized spacial score (nSPS) is 17.0. The molecule has 80 valence electrons. The number of aliphatic hydroxyl groups is 1. The number of fused-ring (bicyclic) bond motifs is 3. The molecular weight excluding hydrogens is 266 g/mol. The first-order valence-electron chi connectivity index (χ1n) is 5.04. The Morgan fingerprint density at radius 3 is 2.38 bits per heavy atom. The summed E-state index contributed by atoms with van der Waals surface area (Å²) in [4.78, 5) is 0. The van der Waals surface area contributed by atoms with Crippen molar-refractivity contribution in [3.63, 3.8) is 0 Å². The molecule has 2 aromatic rings. The van der Waals surface area contributed by atoms with E-state index < -0.39 is 6.10 Å². The maximum Gasteiger partial charge on any atom is 0.105 e. The predicted octanol–water partition coefficient (Wildman–Crippen LogP) is 3.09. The molecular formula is C13H10BrNO. The molecule has 0 spiro atoms. The SMILES string of the molecule is Nc1ccc2c(c1)C(O)c1cc(Br)ccc1-2. The van der Waals surface area contributed by atoms with Gasteiger partial charge in [-0.3, -0.25) is 0 Å². The Bertz CT molecular complexity index is 529. The highest BCUT2D eigenvalue weighted by atomic mass is 79.9. The lowest BCUT2D eigenvalue weighted by Crippen LogP contribution is -1.95. The minimum Gasteiger partial charge on any atom is -0.399 e. The molecule has 0 bridgehead atoms. The molecule has 0 amide bonds. The zero-order chi connectivity index (χ0) is 11.3. The van der Waals surface area contributed by atoms with Gasteiger partial charge in [-0.1, -0.05) is 28.1 Å². The van der Waals surface area contributed by atoms with Gasteiger partial charge in [-0.05, 0) is 46.5 Å². The van der Waals surface area contributed by atoms with Crippen LogP contribution in [-0.4, -0.2) is 5.11 Å². The number of hydrogen-bond acceptors (Lipinski definition) is 2. The fourth-order valence-corrected chi connectivity index (χ4v) is 2.60. The number of halogens is 1. The van der Waals surface area contributed by atoms with Gasteiger partial charge in [0.2, 0.25) is 0 Å². The van der Waals surface area contributed by atoms with E-state index >= 15 is 0 Å². The van der Waals surface area contributed by atoms with Gasteiger partial charge in [0.25, 0.3) is 0 Å². The zero-order valence-corrected chi connectivity index (χ0v) is 10.0. The maximum absolute atomic E-state index is 10.2. The first-order chi connectivity index (χ1) is 7.66. The van der Waals surface area contributed by atoms with E-state index in [1.54, 1.807) is 0 Å². The van der Waals surface area contributed by atoms with E-state index in [1.165, 1.54) is 0 Å². The van der Waals surface area contributed by atoms with Crippen LogP contribution in [0.3, 0.4) is 0 Å². The number of benzene rings is 2. The van der Waals surface area contributed by atoms with Gasteiger partial charge in [0.15, 0.2) is 0 Å². The Morgan fingerprint density at radius 2 is 1.62 bits per heavy atom. The molecule has 0 saturated heterocycles. The Kier molecular flexibility index (Phi) is 2.06. The van der Waals surface area contributed by atoms with Crippen LogP contribution < -0.4 is 5.73 Å². The molecule has 0 radical (unpaired) electrons. The third-order valence-corrected chi connectivity index (χ3v) is 3.46. The Morgan fingerprint density at radius 1 is 1.00 bits per heavy atom. The number of aliphatic hydroxyl groups excluding tert-OH is 1. The highest BCUT2D eigenvalue weighted by molar-refractivity contribution is 9.10.